The average molecular weight is 265 g/mol. The van der Waals surface area contributed by atoms with Gasteiger partial charge in [-0.2, -0.15) is 0 Å². The molecule has 2 N–H and O–H groups in total. The maximum atomic E-state index is 12.0. The highest BCUT2D eigenvalue weighted by molar-refractivity contribution is 6.09. The van der Waals surface area contributed by atoms with E-state index < -0.39 is 6.09 Å². The number of nitrogens with one attached hydrogen (secondary N) is 1. The Kier molecular flexibility index (Phi) is 4.87. The molecule has 0 aliphatic carbocycles. The number of hydrogen-bond donors (Lipinski definition) is 2. The Labute approximate surface area is 110 Å². The molecule has 0 bridgehead atoms. The maximum Gasteiger partial charge on any atom is 0.409 e. The van der Waals surface area contributed by atoms with Crippen molar-refractivity contribution in [2.75, 3.05) is 26.5 Å². The first-order valence-corrected chi connectivity index (χ1v) is 5.37. The van der Waals surface area contributed by atoms with E-state index in [2.05, 4.69) is 10.3 Å². The van der Waals surface area contributed by atoms with Gasteiger partial charge in [-0.1, -0.05) is 0 Å². The SMILES string of the molecule is COc1cc(C(=O)C=CN(C)C)c(NC(=O)O)cn1. The van der Waals surface area contributed by atoms with Crippen LogP contribution in [0.15, 0.2) is 24.5 Å². The molecule has 1 rings (SSSR count). The Morgan fingerprint density at radius 1 is 1.47 bits per heavy atom. The molecule has 1 heterocycles. The Bertz CT molecular complexity index is 512. The number of nitrogens with zero attached hydrogens (tertiary/aromatic N) is 2. The van der Waals surface area contributed by atoms with Gasteiger partial charge in [0, 0.05) is 32.4 Å². The first kappa shape index (κ1) is 14.5. The van der Waals surface area contributed by atoms with Crippen LogP contribution in [0, 0.1) is 0 Å². The van der Waals surface area contributed by atoms with Crippen molar-refractivity contribution in [3.63, 3.8) is 0 Å². The van der Waals surface area contributed by atoms with Crippen molar-refractivity contribution in [1.29, 1.82) is 0 Å². The topological polar surface area (TPSA) is 91.8 Å². The van der Waals surface area contributed by atoms with E-state index in [-0.39, 0.29) is 22.9 Å². The number of carbonyl (C=O) groups excluding carboxylic acids is 1. The van der Waals surface area contributed by atoms with Crippen molar-refractivity contribution in [3.8, 4) is 5.88 Å². The molecule has 7 heteroatoms. The second kappa shape index (κ2) is 6.39. The Balaban J connectivity index is 3.13. The number of hydrogen-bond acceptors (Lipinski definition) is 5. The van der Waals surface area contributed by atoms with Crippen molar-refractivity contribution in [3.05, 3.63) is 30.1 Å². The molecule has 0 spiro atoms. The highest BCUT2D eigenvalue weighted by Crippen LogP contribution is 2.20. The predicted molar refractivity (Wildman–Crippen MR) is 69.6 cm³/mol. The molecule has 0 saturated heterocycles. The van der Waals surface area contributed by atoms with Crippen molar-refractivity contribution in [1.82, 2.24) is 9.88 Å². The number of rotatable bonds is 5. The van der Waals surface area contributed by atoms with E-state index in [1.54, 1.807) is 25.2 Å². The minimum atomic E-state index is -1.27. The van der Waals surface area contributed by atoms with Gasteiger partial charge in [0.2, 0.25) is 5.88 Å². The number of ether oxygens (including phenoxy) is 1. The van der Waals surface area contributed by atoms with Gasteiger partial charge in [0.15, 0.2) is 5.78 Å². The monoisotopic (exact) mass is 265 g/mol. The molecule has 0 atom stereocenters. The van der Waals surface area contributed by atoms with Crippen LogP contribution < -0.4 is 10.1 Å². The number of methoxy groups -OCH3 is 1. The fourth-order valence-electron chi connectivity index (χ4n) is 1.27. The first-order chi connectivity index (χ1) is 8.93. The summed E-state index contributed by atoms with van der Waals surface area (Å²) in [5.74, 6) is -0.115. The largest absolute Gasteiger partial charge is 0.481 e. The second-order valence-electron chi connectivity index (χ2n) is 3.85. The molecule has 0 unspecified atom stereocenters. The van der Waals surface area contributed by atoms with Crippen molar-refractivity contribution in [2.24, 2.45) is 0 Å². The Morgan fingerprint density at radius 3 is 2.68 bits per heavy atom. The van der Waals surface area contributed by atoms with Crippen molar-refractivity contribution >= 4 is 17.6 Å². The molecular weight excluding hydrogens is 250 g/mol. The molecule has 1 aromatic rings. The smallest absolute Gasteiger partial charge is 0.409 e. The number of amides is 1. The van der Waals surface area contributed by atoms with Crippen LogP contribution in [0.2, 0.25) is 0 Å². The summed E-state index contributed by atoms with van der Waals surface area (Å²) in [5.41, 5.74) is 0.286. The molecule has 1 aromatic heterocycles. The molecule has 7 nitrogen and oxygen atoms in total. The minimum Gasteiger partial charge on any atom is -0.481 e. The van der Waals surface area contributed by atoms with E-state index >= 15 is 0 Å². The third-order valence-electron chi connectivity index (χ3n) is 2.12. The van der Waals surface area contributed by atoms with Crippen LogP contribution in [0.1, 0.15) is 10.4 Å². The summed E-state index contributed by atoms with van der Waals surface area (Å²) in [6.45, 7) is 0. The molecule has 0 radical (unpaired) electrons. The van der Waals surface area contributed by atoms with Gasteiger partial charge in [-0.15, -0.1) is 0 Å². The number of pyridine rings is 1. The molecular formula is C12H15N3O4. The number of carbonyl (C=O) groups is 2. The molecule has 102 valence electrons. The van der Waals surface area contributed by atoms with Gasteiger partial charge in [-0.3, -0.25) is 10.1 Å². The van der Waals surface area contributed by atoms with E-state index in [1.807, 2.05) is 0 Å². The summed E-state index contributed by atoms with van der Waals surface area (Å²) in [7, 11) is 4.96. The first-order valence-electron chi connectivity index (χ1n) is 5.37. The summed E-state index contributed by atoms with van der Waals surface area (Å²) >= 11 is 0. The van der Waals surface area contributed by atoms with Gasteiger partial charge in [-0.25, -0.2) is 9.78 Å². The fraction of sp³-hybridized carbons (Fsp3) is 0.250. The third kappa shape index (κ3) is 4.30. The van der Waals surface area contributed by atoms with Gasteiger partial charge >= 0.3 is 6.09 Å². The predicted octanol–water partition coefficient (Wildman–Crippen LogP) is 1.44. The lowest BCUT2D eigenvalue weighted by atomic mass is 10.1. The zero-order valence-corrected chi connectivity index (χ0v) is 10.9. The number of ketones is 1. The van der Waals surface area contributed by atoms with Crippen LogP contribution in [0.25, 0.3) is 0 Å². The summed E-state index contributed by atoms with van der Waals surface area (Å²) in [5, 5.41) is 10.8. The lowest BCUT2D eigenvalue weighted by Gasteiger charge is -2.08. The van der Waals surface area contributed by atoms with E-state index in [1.165, 1.54) is 25.4 Å². The molecule has 19 heavy (non-hydrogen) atoms. The zero-order valence-electron chi connectivity index (χ0n) is 10.9. The van der Waals surface area contributed by atoms with Gasteiger partial charge in [0.25, 0.3) is 0 Å². The van der Waals surface area contributed by atoms with E-state index in [0.29, 0.717) is 0 Å². The lowest BCUT2D eigenvalue weighted by Crippen LogP contribution is -2.12. The second-order valence-corrected chi connectivity index (χ2v) is 3.85. The molecule has 0 saturated carbocycles. The number of carboxylic acid groups (broad SMARTS) is 1. The van der Waals surface area contributed by atoms with Gasteiger partial charge in [0.1, 0.15) is 0 Å². The van der Waals surface area contributed by atoms with Gasteiger partial charge in [-0.05, 0) is 0 Å². The molecule has 0 aliphatic heterocycles. The Hall–Kier alpha value is -2.57. The van der Waals surface area contributed by atoms with Crippen LogP contribution in [0.4, 0.5) is 10.5 Å². The van der Waals surface area contributed by atoms with Crippen LogP contribution in [-0.4, -0.2) is 48.1 Å². The fourth-order valence-corrected chi connectivity index (χ4v) is 1.27. The molecule has 0 aromatic carbocycles. The van der Waals surface area contributed by atoms with Crippen molar-refractivity contribution < 1.29 is 19.4 Å². The van der Waals surface area contributed by atoms with Gasteiger partial charge in [0.05, 0.1) is 24.6 Å². The Morgan fingerprint density at radius 2 is 2.16 bits per heavy atom. The standard InChI is InChI=1S/C12H15N3O4/c1-15(2)5-4-10(16)8-6-11(19-3)13-7-9(8)14-12(17)18/h4-7,14H,1-3H3,(H,17,18). The van der Waals surface area contributed by atoms with Crippen LogP contribution in [0.3, 0.4) is 0 Å². The number of allylic oxidation sites excluding steroid dienone is 1. The van der Waals surface area contributed by atoms with E-state index in [9.17, 15) is 9.59 Å². The normalized spacial score (nSPS) is 10.3. The maximum absolute atomic E-state index is 12.0. The average Bonchev–Trinajstić information content (AvgIpc) is 2.35. The molecule has 1 amide bonds. The zero-order chi connectivity index (χ0) is 14.4. The van der Waals surface area contributed by atoms with Crippen LogP contribution >= 0.6 is 0 Å². The van der Waals surface area contributed by atoms with E-state index in [4.69, 9.17) is 9.84 Å². The van der Waals surface area contributed by atoms with Crippen LogP contribution in [-0.2, 0) is 0 Å². The van der Waals surface area contributed by atoms with Gasteiger partial charge < -0.3 is 14.7 Å². The summed E-state index contributed by atoms with van der Waals surface area (Å²) in [6.07, 6.45) is 2.88. The molecule has 0 aliphatic rings. The summed E-state index contributed by atoms with van der Waals surface area (Å²) in [6, 6.07) is 1.38. The lowest BCUT2D eigenvalue weighted by molar-refractivity contribution is 0.104. The summed E-state index contributed by atoms with van der Waals surface area (Å²) < 4.78 is 4.92. The highest BCUT2D eigenvalue weighted by atomic mass is 16.5. The quantitative estimate of drug-likeness (QED) is 0.618. The van der Waals surface area contributed by atoms with Crippen molar-refractivity contribution in [2.45, 2.75) is 0 Å². The third-order valence-corrected chi connectivity index (χ3v) is 2.12. The number of anilines is 1. The van der Waals surface area contributed by atoms with Crippen LogP contribution in [0.5, 0.6) is 5.88 Å². The molecule has 0 fully saturated rings. The van der Waals surface area contributed by atoms with E-state index in [0.717, 1.165) is 0 Å². The minimum absolute atomic E-state index is 0.113. The number of aromatic nitrogens is 1. The highest BCUT2D eigenvalue weighted by Gasteiger charge is 2.13. The summed E-state index contributed by atoms with van der Waals surface area (Å²) in [4.78, 5) is 28.2.